The van der Waals surface area contributed by atoms with Crippen LogP contribution in [0, 0.1) is 12.8 Å². The van der Waals surface area contributed by atoms with Crippen LogP contribution in [-0.2, 0) is 0 Å². The minimum Gasteiger partial charge on any atom is -0.442 e. The Hall–Kier alpha value is -1.16. The van der Waals surface area contributed by atoms with Gasteiger partial charge in [0.25, 0.3) is 5.89 Å². The van der Waals surface area contributed by atoms with Crippen molar-refractivity contribution in [1.29, 1.82) is 0 Å². The van der Waals surface area contributed by atoms with Crippen LogP contribution in [0.15, 0.2) is 10.7 Å². The highest BCUT2D eigenvalue weighted by atomic mass is 16.3. The summed E-state index contributed by atoms with van der Waals surface area (Å²) in [5.74, 6) is 0.798. The Balaban J connectivity index is 1.91. The van der Waals surface area contributed by atoms with Crippen molar-refractivity contribution in [1.82, 2.24) is 10.3 Å². The molecule has 1 aromatic rings. The number of carbonyl (C=O) groups excluding carboxylic acids is 1. The molecule has 0 aromatic carbocycles. The van der Waals surface area contributed by atoms with Crippen molar-refractivity contribution in [3.63, 3.8) is 0 Å². The van der Waals surface area contributed by atoms with Crippen LogP contribution in [0.1, 0.15) is 35.6 Å². The molecule has 4 nitrogen and oxygen atoms in total. The molecule has 2 heterocycles. The van der Waals surface area contributed by atoms with Gasteiger partial charge in [-0.3, -0.25) is 4.79 Å². The van der Waals surface area contributed by atoms with Gasteiger partial charge in [0.2, 0.25) is 5.78 Å². The van der Waals surface area contributed by atoms with E-state index in [1.54, 1.807) is 0 Å². The standard InChI is InChI=1S/C11H16N2O2/c1-8-7-15-11(13-8)10(14)6-9-2-4-12-5-3-9/h7,9,12H,2-6H2,1H3. The fourth-order valence-electron chi connectivity index (χ4n) is 1.92. The Morgan fingerprint density at radius 3 is 2.93 bits per heavy atom. The molecular formula is C11H16N2O2. The molecule has 0 saturated carbocycles. The van der Waals surface area contributed by atoms with Crippen molar-refractivity contribution in [3.05, 3.63) is 17.8 Å². The Bertz CT molecular complexity index is 340. The van der Waals surface area contributed by atoms with Gasteiger partial charge >= 0.3 is 0 Å². The molecule has 1 fully saturated rings. The molecule has 0 spiro atoms. The van der Waals surface area contributed by atoms with Crippen LogP contribution < -0.4 is 5.32 Å². The van der Waals surface area contributed by atoms with Crippen molar-refractivity contribution < 1.29 is 9.21 Å². The first-order chi connectivity index (χ1) is 7.25. The summed E-state index contributed by atoms with van der Waals surface area (Å²) in [7, 11) is 0. The first kappa shape index (κ1) is 10.4. The summed E-state index contributed by atoms with van der Waals surface area (Å²) in [6.07, 6.45) is 4.24. The third-order valence-corrected chi connectivity index (χ3v) is 2.79. The summed E-state index contributed by atoms with van der Waals surface area (Å²) >= 11 is 0. The second kappa shape index (κ2) is 4.57. The van der Waals surface area contributed by atoms with Crippen LogP contribution in [-0.4, -0.2) is 23.9 Å². The van der Waals surface area contributed by atoms with Crippen LogP contribution in [0.3, 0.4) is 0 Å². The Morgan fingerprint density at radius 1 is 1.60 bits per heavy atom. The van der Waals surface area contributed by atoms with E-state index in [-0.39, 0.29) is 11.7 Å². The van der Waals surface area contributed by atoms with Gasteiger partial charge in [-0.2, -0.15) is 0 Å². The number of carbonyl (C=O) groups is 1. The maximum Gasteiger partial charge on any atom is 0.263 e. The van der Waals surface area contributed by atoms with Gasteiger partial charge in [0, 0.05) is 6.42 Å². The molecule has 0 amide bonds. The summed E-state index contributed by atoms with van der Waals surface area (Å²) < 4.78 is 5.09. The summed E-state index contributed by atoms with van der Waals surface area (Å²) in [6, 6.07) is 0. The lowest BCUT2D eigenvalue weighted by molar-refractivity contribution is 0.0918. The molecule has 0 aliphatic carbocycles. The van der Waals surface area contributed by atoms with Crippen molar-refractivity contribution >= 4 is 5.78 Å². The van der Waals surface area contributed by atoms with Crippen molar-refractivity contribution in [3.8, 4) is 0 Å². The lowest BCUT2D eigenvalue weighted by Crippen LogP contribution is -2.28. The van der Waals surface area contributed by atoms with Gasteiger partial charge in [0.15, 0.2) is 0 Å². The fraction of sp³-hybridized carbons (Fsp3) is 0.636. The first-order valence-corrected chi connectivity index (χ1v) is 5.42. The third-order valence-electron chi connectivity index (χ3n) is 2.79. The molecule has 1 N–H and O–H groups in total. The highest BCUT2D eigenvalue weighted by Gasteiger charge is 2.20. The molecule has 15 heavy (non-hydrogen) atoms. The fourth-order valence-corrected chi connectivity index (χ4v) is 1.92. The van der Waals surface area contributed by atoms with Gasteiger partial charge in [-0.25, -0.2) is 4.98 Å². The largest absolute Gasteiger partial charge is 0.442 e. The summed E-state index contributed by atoms with van der Waals surface area (Å²) in [6.45, 7) is 3.86. The van der Waals surface area contributed by atoms with Crippen molar-refractivity contribution in [2.75, 3.05) is 13.1 Å². The van der Waals surface area contributed by atoms with E-state index in [2.05, 4.69) is 10.3 Å². The van der Waals surface area contributed by atoms with Gasteiger partial charge < -0.3 is 9.73 Å². The Kier molecular flexibility index (Phi) is 3.16. The molecule has 0 atom stereocenters. The third kappa shape index (κ3) is 2.65. The normalized spacial score (nSPS) is 17.9. The minimum absolute atomic E-state index is 0.0370. The quantitative estimate of drug-likeness (QED) is 0.766. The van der Waals surface area contributed by atoms with Crippen LogP contribution in [0.25, 0.3) is 0 Å². The lowest BCUT2D eigenvalue weighted by Gasteiger charge is -2.21. The van der Waals surface area contributed by atoms with Crippen LogP contribution in [0.4, 0.5) is 0 Å². The Morgan fingerprint density at radius 2 is 2.33 bits per heavy atom. The number of hydrogen-bond acceptors (Lipinski definition) is 4. The molecule has 1 aliphatic heterocycles. The number of aryl methyl sites for hydroxylation is 1. The molecular weight excluding hydrogens is 192 g/mol. The molecule has 0 bridgehead atoms. The zero-order valence-corrected chi connectivity index (χ0v) is 8.95. The number of hydrogen-bond donors (Lipinski definition) is 1. The zero-order valence-electron chi connectivity index (χ0n) is 8.95. The van der Waals surface area contributed by atoms with Gasteiger partial charge in [0.1, 0.15) is 6.26 Å². The summed E-state index contributed by atoms with van der Waals surface area (Å²) in [5.41, 5.74) is 0.767. The monoisotopic (exact) mass is 208 g/mol. The molecule has 0 unspecified atom stereocenters. The highest BCUT2D eigenvalue weighted by Crippen LogP contribution is 2.18. The number of piperidine rings is 1. The first-order valence-electron chi connectivity index (χ1n) is 5.42. The second-order valence-electron chi connectivity index (χ2n) is 4.11. The average molecular weight is 208 g/mol. The molecule has 4 heteroatoms. The van der Waals surface area contributed by atoms with E-state index in [9.17, 15) is 4.79 Å². The number of Topliss-reactive ketones (excluding diaryl/α,β-unsaturated/α-hetero) is 1. The van der Waals surface area contributed by atoms with E-state index in [4.69, 9.17) is 4.42 Å². The summed E-state index contributed by atoms with van der Waals surface area (Å²) in [4.78, 5) is 15.8. The van der Waals surface area contributed by atoms with Crippen molar-refractivity contribution in [2.45, 2.75) is 26.2 Å². The van der Waals surface area contributed by atoms with Gasteiger partial charge in [-0.15, -0.1) is 0 Å². The van der Waals surface area contributed by atoms with E-state index in [1.165, 1.54) is 6.26 Å². The maximum absolute atomic E-state index is 11.7. The number of rotatable bonds is 3. The molecule has 1 aliphatic rings. The van der Waals surface area contributed by atoms with Crippen LogP contribution in [0.2, 0.25) is 0 Å². The van der Waals surface area contributed by atoms with E-state index in [0.29, 0.717) is 12.3 Å². The number of oxazole rings is 1. The van der Waals surface area contributed by atoms with Gasteiger partial charge in [-0.05, 0) is 38.8 Å². The smallest absolute Gasteiger partial charge is 0.263 e. The van der Waals surface area contributed by atoms with Gasteiger partial charge in [-0.1, -0.05) is 0 Å². The van der Waals surface area contributed by atoms with Gasteiger partial charge in [0.05, 0.1) is 5.69 Å². The molecule has 1 aromatic heterocycles. The summed E-state index contributed by atoms with van der Waals surface area (Å²) in [5, 5.41) is 3.28. The average Bonchev–Trinajstić information content (AvgIpc) is 2.66. The molecule has 0 radical (unpaired) electrons. The lowest BCUT2D eigenvalue weighted by atomic mass is 9.93. The number of ketones is 1. The number of nitrogens with one attached hydrogen (secondary N) is 1. The highest BCUT2D eigenvalue weighted by molar-refractivity contribution is 5.91. The topological polar surface area (TPSA) is 55.1 Å². The van der Waals surface area contributed by atoms with Crippen LogP contribution in [0.5, 0.6) is 0 Å². The van der Waals surface area contributed by atoms with Crippen molar-refractivity contribution in [2.24, 2.45) is 5.92 Å². The molecule has 1 saturated heterocycles. The predicted octanol–water partition coefficient (Wildman–Crippen LogP) is 1.56. The van der Waals surface area contributed by atoms with E-state index in [0.717, 1.165) is 31.6 Å². The maximum atomic E-state index is 11.7. The minimum atomic E-state index is 0.0370. The van der Waals surface area contributed by atoms with Crippen LogP contribution >= 0.6 is 0 Å². The number of nitrogens with zero attached hydrogens (tertiary/aromatic N) is 1. The molecule has 2 rings (SSSR count). The second-order valence-corrected chi connectivity index (χ2v) is 4.11. The SMILES string of the molecule is Cc1coc(C(=O)CC2CCNCC2)n1. The van der Waals surface area contributed by atoms with E-state index < -0.39 is 0 Å². The van der Waals surface area contributed by atoms with E-state index in [1.807, 2.05) is 6.92 Å². The zero-order chi connectivity index (χ0) is 10.7. The predicted molar refractivity (Wildman–Crippen MR) is 55.8 cm³/mol. The molecule has 82 valence electrons. The Labute approximate surface area is 89.1 Å². The number of aromatic nitrogens is 1. The van der Waals surface area contributed by atoms with E-state index >= 15 is 0 Å².